The molecule has 4 rings (SSSR count). The molecule has 0 fully saturated rings. The number of aromatic nitrogens is 1. The number of non-ortho nitro benzene ring substituents is 1. The minimum absolute atomic E-state index is 0.287. The number of sulfone groups is 1. The van der Waals surface area contributed by atoms with E-state index >= 15 is 0 Å². The summed E-state index contributed by atoms with van der Waals surface area (Å²) < 4.78 is 44.3. The molecule has 1 aliphatic rings. The molecular weight excluding hydrogens is 473 g/mol. The number of hydrogen-bond acceptors (Lipinski definition) is 9. The molecule has 33 heavy (non-hydrogen) atoms. The van der Waals surface area contributed by atoms with Gasteiger partial charge >= 0.3 is 0 Å². The van der Waals surface area contributed by atoms with Crippen molar-refractivity contribution in [1.29, 1.82) is 0 Å². The van der Waals surface area contributed by atoms with E-state index in [1.54, 1.807) is 6.07 Å². The van der Waals surface area contributed by atoms with E-state index in [1.807, 2.05) is 0 Å². The van der Waals surface area contributed by atoms with Crippen LogP contribution in [0, 0.1) is 15.9 Å². The Kier molecular flexibility index (Phi) is 6.11. The topological polar surface area (TPSA) is 128 Å². The summed E-state index contributed by atoms with van der Waals surface area (Å²) in [7, 11) is -4.39. The lowest BCUT2D eigenvalue weighted by Gasteiger charge is -2.12. The maximum Gasteiger partial charge on any atom is 0.283 e. The maximum absolute atomic E-state index is 13.1. The first-order chi connectivity index (χ1) is 15.8. The number of nitro groups is 1. The SMILES string of the molecule is O=C(C1NC=C(c2ccncc2Oc2ccc(F)cc2)S1)S(=O)(=O)c1ccc([N+](=O)[O-])cc1. The van der Waals surface area contributed by atoms with E-state index in [2.05, 4.69) is 10.3 Å². The van der Waals surface area contributed by atoms with E-state index in [0.29, 0.717) is 22.0 Å². The van der Waals surface area contributed by atoms with E-state index in [1.165, 1.54) is 42.9 Å². The Morgan fingerprint density at radius 3 is 2.48 bits per heavy atom. The highest BCUT2D eigenvalue weighted by Crippen LogP contribution is 2.40. The van der Waals surface area contributed by atoms with Gasteiger partial charge in [-0.3, -0.25) is 19.9 Å². The smallest absolute Gasteiger partial charge is 0.283 e. The molecule has 0 radical (unpaired) electrons. The van der Waals surface area contributed by atoms with Crippen molar-refractivity contribution in [3.05, 3.63) is 94.7 Å². The lowest BCUT2D eigenvalue weighted by molar-refractivity contribution is -0.384. The van der Waals surface area contributed by atoms with Crippen LogP contribution in [-0.4, -0.2) is 28.8 Å². The third kappa shape index (κ3) is 4.71. The molecular formula is C21H14FN3O6S2. The van der Waals surface area contributed by atoms with Crippen LogP contribution in [0.2, 0.25) is 0 Å². The monoisotopic (exact) mass is 487 g/mol. The summed E-state index contributed by atoms with van der Waals surface area (Å²) in [6.45, 7) is 0. The van der Waals surface area contributed by atoms with Gasteiger partial charge in [0.15, 0.2) is 11.1 Å². The van der Waals surface area contributed by atoms with Gasteiger partial charge in [0, 0.05) is 35.0 Å². The Balaban J connectivity index is 1.52. The molecule has 0 bridgehead atoms. The molecule has 1 N–H and O–H groups in total. The minimum Gasteiger partial charge on any atom is -0.455 e. The fourth-order valence-corrected chi connectivity index (χ4v) is 5.42. The highest BCUT2D eigenvalue weighted by Gasteiger charge is 2.36. The summed E-state index contributed by atoms with van der Waals surface area (Å²) >= 11 is 0.974. The summed E-state index contributed by atoms with van der Waals surface area (Å²) in [5.41, 5.74) is 0.264. The van der Waals surface area contributed by atoms with Crippen molar-refractivity contribution in [2.45, 2.75) is 10.3 Å². The van der Waals surface area contributed by atoms with Crippen molar-refractivity contribution in [2.75, 3.05) is 0 Å². The standard InChI is InChI=1S/C21H14FN3O6S2/c22-13-1-5-15(6-2-13)31-18-11-23-10-9-17(18)19-12-24-20(32-19)21(26)33(29,30)16-7-3-14(4-8-16)25(27)28/h1-12,20,24H. The van der Waals surface area contributed by atoms with Crippen molar-refractivity contribution in [3.63, 3.8) is 0 Å². The summed E-state index contributed by atoms with van der Waals surface area (Å²) in [5.74, 6) is 0.286. The summed E-state index contributed by atoms with van der Waals surface area (Å²) in [6, 6.07) is 11.1. The Hall–Kier alpha value is -3.77. The first kappa shape index (κ1) is 22.4. The molecule has 1 unspecified atom stereocenters. The van der Waals surface area contributed by atoms with Gasteiger partial charge in [-0.1, -0.05) is 11.8 Å². The van der Waals surface area contributed by atoms with Gasteiger partial charge in [-0.25, -0.2) is 12.8 Å². The van der Waals surface area contributed by atoms with Crippen LogP contribution in [0.3, 0.4) is 0 Å². The average Bonchev–Trinajstić information content (AvgIpc) is 3.30. The first-order valence-electron chi connectivity index (χ1n) is 9.30. The number of nitrogens with zero attached hydrogens (tertiary/aromatic N) is 2. The van der Waals surface area contributed by atoms with Crippen LogP contribution in [0.15, 0.2) is 78.1 Å². The van der Waals surface area contributed by atoms with Crippen molar-refractivity contribution in [2.24, 2.45) is 0 Å². The van der Waals surface area contributed by atoms with E-state index in [9.17, 15) is 27.7 Å². The third-order valence-corrected chi connectivity index (χ3v) is 7.52. The van der Waals surface area contributed by atoms with Gasteiger partial charge in [0.25, 0.3) is 10.8 Å². The van der Waals surface area contributed by atoms with E-state index in [0.717, 1.165) is 36.0 Å². The minimum atomic E-state index is -4.39. The number of carbonyl (C=O) groups excluding carboxylic acids is 1. The van der Waals surface area contributed by atoms with Crippen molar-refractivity contribution < 1.29 is 27.3 Å². The van der Waals surface area contributed by atoms with E-state index < -0.39 is 31.1 Å². The number of nitro benzene ring substituents is 1. The molecule has 0 saturated carbocycles. The Morgan fingerprint density at radius 1 is 1.12 bits per heavy atom. The summed E-state index contributed by atoms with van der Waals surface area (Å²) in [4.78, 5) is 27.1. The summed E-state index contributed by atoms with van der Waals surface area (Å²) in [6.07, 6.45) is 4.45. The quantitative estimate of drug-likeness (QED) is 0.407. The van der Waals surface area contributed by atoms with Crippen LogP contribution < -0.4 is 10.1 Å². The molecule has 168 valence electrons. The zero-order chi connectivity index (χ0) is 23.6. The van der Waals surface area contributed by atoms with Gasteiger partial charge < -0.3 is 10.1 Å². The van der Waals surface area contributed by atoms with Crippen LogP contribution in [0.25, 0.3) is 4.91 Å². The fraction of sp³-hybridized carbons (Fsp3) is 0.0476. The van der Waals surface area contributed by atoms with Crippen molar-refractivity contribution in [3.8, 4) is 11.5 Å². The van der Waals surface area contributed by atoms with Crippen molar-refractivity contribution >= 4 is 37.3 Å². The number of ether oxygens (including phenoxy) is 1. The molecule has 0 saturated heterocycles. The number of carbonyl (C=O) groups is 1. The second kappa shape index (κ2) is 9.00. The van der Waals surface area contributed by atoms with Gasteiger partial charge in [0.05, 0.1) is 16.0 Å². The number of pyridine rings is 1. The van der Waals surface area contributed by atoms with Gasteiger partial charge in [-0.2, -0.15) is 0 Å². The predicted octanol–water partition coefficient (Wildman–Crippen LogP) is 3.88. The predicted molar refractivity (Wildman–Crippen MR) is 118 cm³/mol. The highest BCUT2D eigenvalue weighted by molar-refractivity contribution is 8.14. The van der Waals surface area contributed by atoms with E-state index in [4.69, 9.17) is 4.74 Å². The highest BCUT2D eigenvalue weighted by atomic mass is 32.2. The molecule has 1 aliphatic heterocycles. The first-order valence-corrected chi connectivity index (χ1v) is 11.7. The lowest BCUT2D eigenvalue weighted by Crippen LogP contribution is -2.33. The third-order valence-electron chi connectivity index (χ3n) is 4.54. The van der Waals surface area contributed by atoms with Crippen molar-refractivity contribution in [1.82, 2.24) is 10.3 Å². The Bertz CT molecular complexity index is 1360. The zero-order valence-electron chi connectivity index (χ0n) is 16.5. The molecule has 12 heteroatoms. The number of hydrogen-bond donors (Lipinski definition) is 1. The molecule has 3 aromatic rings. The maximum atomic E-state index is 13.1. The normalized spacial score (nSPS) is 15.4. The fourth-order valence-electron chi connectivity index (χ4n) is 2.90. The van der Waals surface area contributed by atoms with Crippen LogP contribution in [-0.2, 0) is 14.6 Å². The number of nitrogens with one attached hydrogen (secondary N) is 1. The molecule has 2 aromatic carbocycles. The van der Waals surface area contributed by atoms with Gasteiger partial charge in [0.1, 0.15) is 11.6 Å². The number of thioether (sulfide) groups is 1. The molecule has 1 aromatic heterocycles. The number of halogens is 1. The number of rotatable bonds is 6. The van der Waals surface area contributed by atoms with Crippen LogP contribution >= 0.6 is 11.8 Å². The molecule has 9 nitrogen and oxygen atoms in total. The van der Waals surface area contributed by atoms with Gasteiger partial charge in [-0.05, 0) is 42.5 Å². The average molecular weight is 487 g/mol. The van der Waals surface area contributed by atoms with Gasteiger partial charge in [0.2, 0.25) is 9.84 Å². The lowest BCUT2D eigenvalue weighted by atomic mass is 10.2. The molecule has 0 spiro atoms. The summed E-state index contributed by atoms with van der Waals surface area (Å²) in [5, 5.41) is 11.3. The molecule has 1 atom stereocenters. The Labute approximate surface area is 191 Å². The molecule has 0 amide bonds. The van der Waals surface area contributed by atoms with E-state index in [-0.39, 0.29) is 10.6 Å². The molecule has 2 heterocycles. The Morgan fingerprint density at radius 2 is 1.82 bits per heavy atom. The number of benzene rings is 2. The zero-order valence-corrected chi connectivity index (χ0v) is 18.2. The van der Waals surface area contributed by atoms with Crippen LogP contribution in [0.1, 0.15) is 5.56 Å². The second-order valence-corrected chi connectivity index (χ2v) is 9.70. The largest absolute Gasteiger partial charge is 0.455 e. The van der Waals surface area contributed by atoms with Crippen LogP contribution in [0.4, 0.5) is 10.1 Å². The second-order valence-electron chi connectivity index (χ2n) is 6.67. The van der Waals surface area contributed by atoms with Crippen LogP contribution in [0.5, 0.6) is 11.5 Å². The molecule has 0 aliphatic carbocycles. The van der Waals surface area contributed by atoms with Gasteiger partial charge in [-0.15, -0.1) is 0 Å².